The van der Waals surface area contributed by atoms with Gasteiger partial charge in [-0.3, -0.25) is 4.98 Å². The van der Waals surface area contributed by atoms with Gasteiger partial charge in [0.05, 0.1) is 5.52 Å². The second-order valence-electron chi connectivity index (χ2n) is 4.74. The summed E-state index contributed by atoms with van der Waals surface area (Å²) in [6.07, 6.45) is 0. The monoisotopic (exact) mass is 246 g/mol. The highest BCUT2D eigenvalue weighted by Gasteiger charge is 2.06. The minimum absolute atomic E-state index is 0.685. The number of benzene rings is 1. The summed E-state index contributed by atoms with van der Waals surface area (Å²) in [6, 6.07) is 8.07. The molecule has 0 aliphatic carbocycles. The third-order valence-electron chi connectivity index (χ3n) is 2.50. The minimum Gasteiger partial charge on any atom is -0.399 e. The summed E-state index contributed by atoms with van der Waals surface area (Å²) < 4.78 is 0. The Bertz CT molecular complexity index is 535. The molecule has 0 atom stereocenters. The van der Waals surface area contributed by atoms with Crippen molar-refractivity contribution in [2.24, 2.45) is 5.92 Å². The number of thioether (sulfide) groups is 1. The van der Waals surface area contributed by atoms with Gasteiger partial charge in [0.25, 0.3) is 0 Å². The molecule has 0 bridgehead atoms. The lowest BCUT2D eigenvalue weighted by Crippen LogP contribution is -1.93. The van der Waals surface area contributed by atoms with E-state index in [0.717, 1.165) is 22.7 Å². The first-order valence-corrected chi connectivity index (χ1v) is 6.84. The van der Waals surface area contributed by atoms with Crippen LogP contribution in [0.25, 0.3) is 10.9 Å². The number of nitrogen functional groups attached to an aromatic ring is 1. The van der Waals surface area contributed by atoms with Crippen LogP contribution >= 0.6 is 11.8 Å². The summed E-state index contributed by atoms with van der Waals surface area (Å²) in [5.74, 6) is 1.80. The Morgan fingerprint density at radius 3 is 2.76 bits per heavy atom. The number of aromatic nitrogens is 1. The summed E-state index contributed by atoms with van der Waals surface area (Å²) in [6.45, 7) is 6.50. The Morgan fingerprint density at radius 2 is 2.06 bits per heavy atom. The van der Waals surface area contributed by atoms with Gasteiger partial charge in [-0.2, -0.15) is 0 Å². The van der Waals surface area contributed by atoms with Gasteiger partial charge in [-0.05, 0) is 37.1 Å². The van der Waals surface area contributed by atoms with Gasteiger partial charge in [0, 0.05) is 27.4 Å². The second kappa shape index (κ2) is 4.96. The molecule has 90 valence electrons. The van der Waals surface area contributed by atoms with E-state index in [9.17, 15) is 0 Å². The number of anilines is 1. The molecule has 1 aromatic carbocycles. The van der Waals surface area contributed by atoms with Crippen molar-refractivity contribution in [1.29, 1.82) is 0 Å². The van der Waals surface area contributed by atoms with Crippen LogP contribution in [0.5, 0.6) is 0 Å². The predicted molar refractivity (Wildman–Crippen MR) is 76.5 cm³/mol. The van der Waals surface area contributed by atoms with Crippen LogP contribution in [0.15, 0.2) is 29.2 Å². The molecule has 2 nitrogen and oxygen atoms in total. The molecule has 1 heterocycles. The highest BCUT2D eigenvalue weighted by atomic mass is 32.2. The fourth-order valence-corrected chi connectivity index (χ4v) is 2.80. The van der Waals surface area contributed by atoms with Crippen molar-refractivity contribution in [3.63, 3.8) is 0 Å². The molecular formula is C14H18N2S. The first-order valence-electron chi connectivity index (χ1n) is 5.86. The number of aryl methyl sites for hydroxylation is 1. The lowest BCUT2D eigenvalue weighted by Gasteiger charge is -2.09. The number of nitrogens with two attached hydrogens (primary N) is 1. The van der Waals surface area contributed by atoms with Crippen molar-refractivity contribution in [1.82, 2.24) is 4.98 Å². The Labute approximate surface area is 107 Å². The van der Waals surface area contributed by atoms with E-state index < -0.39 is 0 Å². The van der Waals surface area contributed by atoms with E-state index in [0.29, 0.717) is 5.92 Å². The average Bonchev–Trinajstić information content (AvgIpc) is 2.26. The van der Waals surface area contributed by atoms with Gasteiger partial charge in [0.15, 0.2) is 0 Å². The van der Waals surface area contributed by atoms with Gasteiger partial charge >= 0.3 is 0 Å². The zero-order chi connectivity index (χ0) is 12.4. The Hall–Kier alpha value is -1.22. The molecular weight excluding hydrogens is 228 g/mol. The van der Waals surface area contributed by atoms with E-state index in [1.165, 1.54) is 10.3 Å². The topological polar surface area (TPSA) is 38.9 Å². The molecule has 2 N–H and O–H groups in total. The first kappa shape index (κ1) is 12.2. The molecule has 1 aromatic heterocycles. The van der Waals surface area contributed by atoms with Gasteiger partial charge in [-0.15, -0.1) is 11.8 Å². The van der Waals surface area contributed by atoms with Gasteiger partial charge < -0.3 is 5.73 Å². The third-order valence-corrected chi connectivity index (χ3v) is 3.98. The third kappa shape index (κ3) is 2.91. The maximum absolute atomic E-state index is 5.85. The zero-order valence-corrected chi connectivity index (χ0v) is 11.3. The van der Waals surface area contributed by atoms with Gasteiger partial charge in [-0.1, -0.05) is 13.8 Å². The highest BCUT2D eigenvalue weighted by molar-refractivity contribution is 7.99. The molecule has 0 saturated carbocycles. The van der Waals surface area contributed by atoms with Crippen molar-refractivity contribution < 1.29 is 0 Å². The lowest BCUT2D eigenvalue weighted by molar-refractivity contribution is 0.750. The number of fused-ring (bicyclic) bond motifs is 1. The molecule has 0 amide bonds. The number of nitrogens with zero attached hydrogens (tertiary/aromatic N) is 1. The molecule has 0 unspecified atom stereocenters. The van der Waals surface area contributed by atoms with Crippen LogP contribution in [0.3, 0.4) is 0 Å². The smallest absolute Gasteiger partial charge is 0.0717 e. The number of pyridine rings is 1. The quantitative estimate of drug-likeness (QED) is 0.660. The first-order chi connectivity index (χ1) is 8.06. The summed E-state index contributed by atoms with van der Waals surface area (Å²) in [7, 11) is 0. The van der Waals surface area contributed by atoms with Crippen LogP contribution in [0, 0.1) is 12.8 Å². The fraction of sp³-hybridized carbons (Fsp3) is 0.357. The predicted octanol–water partition coefficient (Wildman–Crippen LogP) is 3.87. The average molecular weight is 246 g/mol. The van der Waals surface area contributed by atoms with Crippen molar-refractivity contribution in [3.05, 3.63) is 30.0 Å². The van der Waals surface area contributed by atoms with E-state index in [1.807, 2.05) is 36.9 Å². The van der Waals surface area contributed by atoms with Crippen LogP contribution in [0.2, 0.25) is 0 Å². The fourth-order valence-electron chi connectivity index (χ4n) is 1.71. The summed E-state index contributed by atoms with van der Waals surface area (Å²) >= 11 is 1.89. The number of rotatable bonds is 3. The van der Waals surface area contributed by atoms with Crippen molar-refractivity contribution >= 4 is 28.4 Å². The zero-order valence-electron chi connectivity index (χ0n) is 10.5. The largest absolute Gasteiger partial charge is 0.399 e. The maximum Gasteiger partial charge on any atom is 0.0717 e. The summed E-state index contributed by atoms with van der Waals surface area (Å²) in [5, 5.41) is 1.17. The molecule has 0 fully saturated rings. The number of hydrogen-bond donors (Lipinski definition) is 1. The van der Waals surface area contributed by atoms with Crippen LogP contribution in [-0.2, 0) is 0 Å². The van der Waals surface area contributed by atoms with Gasteiger partial charge in [0.1, 0.15) is 0 Å². The molecule has 0 aliphatic heterocycles. The van der Waals surface area contributed by atoms with Crippen molar-refractivity contribution in [2.75, 3.05) is 11.5 Å². The highest BCUT2D eigenvalue weighted by Crippen LogP contribution is 2.30. The second-order valence-corrected chi connectivity index (χ2v) is 5.81. The van der Waals surface area contributed by atoms with Gasteiger partial charge in [0.2, 0.25) is 0 Å². The molecule has 17 heavy (non-hydrogen) atoms. The molecule has 3 heteroatoms. The summed E-state index contributed by atoms with van der Waals surface area (Å²) in [4.78, 5) is 5.82. The molecule has 0 spiro atoms. The normalized spacial score (nSPS) is 11.3. The van der Waals surface area contributed by atoms with E-state index in [2.05, 4.69) is 24.9 Å². The van der Waals surface area contributed by atoms with E-state index >= 15 is 0 Å². The molecule has 0 aliphatic rings. The Morgan fingerprint density at radius 1 is 1.29 bits per heavy atom. The molecule has 0 saturated heterocycles. The van der Waals surface area contributed by atoms with E-state index in [1.54, 1.807) is 0 Å². The maximum atomic E-state index is 5.85. The van der Waals surface area contributed by atoms with E-state index in [-0.39, 0.29) is 0 Å². The minimum atomic E-state index is 0.685. The van der Waals surface area contributed by atoms with Crippen LogP contribution < -0.4 is 5.73 Å². The molecule has 2 rings (SSSR count). The number of hydrogen-bond acceptors (Lipinski definition) is 3. The standard InChI is InChI=1S/C14H18N2S/c1-9(2)8-17-14-6-10(3)16-13-5-4-11(15)7-12(13)14/h4-7,9H,8,15H2,1-3H3. The van der Waals surface area contributed by atoms with Crippen LogP contribution in [0.1, 0.15) is 19.5 Å². The van der Waals surface area contributed by atoms with Crippen molar-refractivity contribution in [2.45, 2.75) is 25.7 Å². The van der Waals surface area contributed by atoms with E-state index in [4.69, 9.17) is 5.73 Å². The molecule has 0 radical (unpaired) electrons. The SMILES string of the molecule is Cc1cc(SCC(C)C)c2cc(N)ccc2n1. The van der Waals surface area contributed by atoms with Crippen LogP contribution in [0.4, 0.5) is 5.69 Å². The Kier molecular flexibility index (Phi) is 3.57. The van der Waals surface area contributed by atoms with Crippen LogP contribution in [-0.4, -0.2) is 10.7 Å². The van der Waals surface area contributed by atoms with Gasteiger partial charge in [-0.25, -0.2) is 0 Å². The Balaban J connectivity index is 2.48. The summed E-state index contributed by atoms with van der Waals surface area (Å²) in [5.41, 5.74) is 8.75. The van der Waals surface area contributed by atoms with Crippen molar-refractivity contribution in [3.8, 4) is 0 Å². The molecule has 2 aromatic rings. The lowest BCUT2D eigenvalue weighted by atomic mass is 10.2.